The van der Waals surface area contributed by atoms with E-state index in [0.29, 0.717) is 17.4 Å². The zero-order chi connectivity index (χ0) is 15.5. The fourth-order valence-corrected chi connectivity index (χ4v) is 2.81. The third-order valence-corrected chi connectivity index (χ3v) is 4.00. The highest BCUT2D eigenvalue weighted by Crippen LogP contribution is 2.27. The summed E-state index contributed by atoms with van der Waals surface area (Å²) in [6.07, 6.45) is 9.31. The van der Waals surface area contributed by atoms with Gasteiger partial charge in [0.05, 0.1) is 11.7 Å². The summed E-state index contributed by atoms with van der Waals surface area (Å²) in [6.45, 7) is 0. The molecule has 7 heteroatoms. The fourth-order valence-electron chi connectivity index (χ4n) is 2.81. The normalized spacial score (nSPS) is 15.6. The Morgan fingerprint density at radius 1 is 1.32 bits per heavy atom. The second-order valence-electron chi connectivity index (χ2n) is 5.59. The minimum absolute atomic E-state index is 0.253. The topological polar surface area (TPSA) is 106 Å². The van der Waals surface area contributed by atoms with Crippen molar-refractivity contribution in [3.8, 4) is 0 Å². The lowest BCUT2D eigenvalue weighted by atomic mass is 9.96. The van der Waals surface area contributed by atoms with Crippen LogP contribution in [0.4, 0.5) is 5.69 Å². The van der Waals surface area contributed by atoms with Crippen molar-refractivity contribution >= 4 is 17.5 Å². The summed E-state index contributed by atoms with van der Waals surface area (Å²) in [6, 6.07) is 3.60. The van der Waals surface area contributed by atoms with E-state index in [-0.39, 0.29) is 11.6 Å². The van der Waals surface area contributed by atoms with Gasteiger partial charge in [0.1, 0.15) is 5.69 Å². The summed E-state index contributed by atoms with van der Waals surface area (Å²) in [4.78, 5) is 25.9. The van der Waals surface area contributed by atoms with E-state index in [1.807, 2.05) is 10.9 Å². The molecule has 0 spiro atoms. The predicted molar refractivity (Wildman–Crippen MR) is 81.6 cm³/mol. The van der Waals surface area contributed by atoms with Crippen molar-refractivity contribution in [1.29, 1.82) is 0 Å². The fraction of sp³-hybridized carbons (Fsp3) is 0.400. The van der Waals surface area contributed by atoms with E-state index in [1.165, 1.54) is 31.5 Å². The van der Waals surface area contributed by atoms with Gasteiger partial charge in [-0.2, -0.15) is 5.10 Å². The van der Waals surface area contributed by atoms with Gasteiger partial charge < -0.3 is 16.0 Å². The van der Waals surface area contributed by atoms with Crippen LogP contribution in [0.25, 0.3) is 0 Å². The number of aromatic nitrogens is 3. The summed E-state index contributed by atoms with van der Waals surface area (Å²) in [5.41, 5.74) is 6.27. The molecular weight excluding hydrogens is 282 g/mol. The maximum absolute atomic E-state index is 12.2. The summed E-state index contributed by atoms with van der Waals surface area (Å²) < 4.78 is 1.89. The Labute approximate surface area is 127 Å². The zero-order valence-corrected chi connectivity index (χ0v) is 12.2. The van der Waals surface area contributed by atoms with Crippen molar-refractivity contribution in [1.82, 2.24) is 14.8 Å². The van der Waals surface area contributed by atoms with Crippen LogP contribution in [0.3, 0.4) is 0 Å². The second kappa shape index (κ2) is 6.05. The molecule has 0 atom stereocenters. The molecule has 4 N–H and O–H groups in total. The van der Waals surface area contributed by atoms with Gasteiger partial charge >= 0.3 is 0 Å². The van der Waals surface area contributed by atoms with Crippen LogP contribution in [-0.2, 0) is 0 Å². The van der Waals surface area contributed by atoms with Gasteiger partial charge in [-0.1, -0.05) is 19.3 Å². The first-order valence-corrected chi connectivity index (χ1v) is 7.48. The number of carbonyl (C=O) groups excluding carboxylic acids is 2. The SMILES string of the molecule is NC(=O)c1cc(NC(=O)c2ccn(C3CCCCC3)n2)c[nH]1. The number of aromatic amines is 1. The smallest absolute Gasteiger partial charge is 0.276 e. The molecule has 0 aliphatic heterocycles. The maximum atomic E-state index is 12.2. The maximum Gasteiger partial charge on any atom is 0.276 e. The van der Waals surface area contributed by atoms with Gasteiger partial charge in [0.25, 0.3) is 11.8 Å². The lowest BCUT2D eigenvalue weighted by molar-refractivity contribution is 0.0992. The van der Waals surface area contributed by atoms with Gasteiger partial charge in [-0.15, -0.1) is 0 Å². The number of hydrogen-bond donors (Lipinski definition) is 3. The number of H-pyrrole nitrogens is 1. The van der Waals surface area contributed by atoms with Crippen LogP contribution in [0.5, 0.6) is 0 Å². The van der Waals surface area contributed by atoms with Crippen LogP contribution in [0.15, 0.2) is 24.5 Å². The van der Waals surface area contributed by atoms with Crippen molar-refractivity contribution in [2.75, 3.05) is 5.32 Å². The highest BCUT2D eigenvalue weighted by atomic mass is 16.2. The standard InChI is InChI=1S/C15H19N5O2/c16-14(21)13-8-10(9-17-13)18-15(22)12-6-7-20(19-12)11-4-2-1-3-5-11/h6-9,11,17H,1-5H2,(H2,16,21)(H,18,22). The average Bonchev–Trinajstić information content (AvgIpc) is 3.17. The molecule has 1 saturated carbocycles. The van der Waals surface area contributed by atoms with Crippen molar-refractivity contribution in [2.24, 2.45) is 5.73 Å². The molecule has 1 fully saturated rings. The number of nitrogens with zero attached hydrogens (tertiary/aromatic N) is 2. The first-order chi connectivity index (χ1) is 10.6. The zero-order valence-electron chi connectivity index (χ0n) is 12.2. The third-order valence-electron chi connectivity index (χ3n) is 4.00. The monoisotopic (exact) mass is 301 g/mol. The Balaban J connectivity index is 1.66. The Kier molecular flexibility index (Phi) is 3.95. The summed E-state index contributed by atoms with van der Waals surface area (Å²) >= 11 is 0. The summed E-state index contributed by atoms with van der Waals surface area (Å²) in [5.74, 6) is -0.869. The van der Waals surface area contributed by atoms with Gasteiger partial charge in [0.15, 0.2) is 5.69 Å². The lowest BCUT2D eigenvalue weighted by Crippen LogP contribution is -2.16. The summed E-state index contributed by atoms with van der Waals surface area (Å²) in [7, 11) is 0. The Morgan fingerprint density at radius 3 is 2.77 bits per heavy atom. The highest BCUT2D eigenvalue weighted by molar-refractivity contribution is 6.03. The number of amides is 2. The molecule has 0 unspecified atom stereocenters. The van der Waals surface area contributed by atoms with Gasteiger partial charge in [-0.05, 0) is 25.0 Å². The first-order valence-electron chi connectivity index (χ1n) is 7.48. The number of carbonyl (C=O) groups is 2. The highest BCUT2D eigenvalue weighted by Gasteiger charge is 2.18. The first kappa shape index (κ1) is 14.4. The molecule has 3 rings (SSSR count). The van der Waals surface area contributed by atoms with Crippen molar-refractivity contribution < 1.29 is 9.59 Å². The Hall–Kier alpha value is -2.57. The molecule has 0 aromatic carbocycles. The number of anilines is 1. The molecule has 1 aliphatic rings. The van der Waals surface area contributed by atoms with Crippen molar-refractivity contribution in [3.63, 3.8) is 0 Å². The van der Waals surface area contributed by atoms with Gasteiger partial charge in [0, 0.05) is 12.4 Å². The minimum Gasteiger partial charge on any atom is -0.364 e. The number of rotatable bonds is 4. The summed E-state index contributed by atoms with van der Waals surface area (Å²) in [5, 5.41) is 7.07. The molecule has 1 aliphatic carbocycles. The number of nitrogens with one attached hydrogen (secondary N) is 2. The van der Waals surface area contributed by atoms with Crippen molar-refractivity contribution in [2.45, 2.75) is 38.1 Å². The molecule has 0 saturated heterocycles. The third kappa shape index (κ3) is 3.03. The predicted octanol–water partition coefficient (Wildman–Crippen LogP) is 2.07. The van der Waals surface area contributed by atoms with Crippen LogP contribution in [0.2, 0.25) is 0 Å². The molecule has 2 heterocycles. The van der Waals surface area contributed by atoms with E-state index in [0.717, 1.165) is 12.8 Å². The van der Waals surface area contributed by atoms with E-state index < -0.39 is 5.91 Å². The molecule has 2 aromatic heterocycles. The molecular formula is C15H19N5O2. The van der Waals surface area contributed by atoms with E-state index in [1.54, 1.807) is 6.07 Å². The Bertz CT molecular complexity index is 682. The van der Waals surface area contributed by atoms with E-state index >= 15 is 0 Å². The van der Waals surface area contributed by atoms with Gasteiger partial charge in [-0.3, -0.25) is 14.3 Å². The van der Waals surface area contributed by atoms with Crippen LogP contribution >= 0.6 is 0 Å². The molecule has 116 valence electrons. The van der Waals surface area contributed by atoms with Crippen LogP contribution in [-0.4, -0.2) is 26.6 Å². The second-order valence-corrected chi connectivity index (χ2v) is 5.59. The molecule has 7 nitrogen and oxygen atoms in total. The van der Waals surface area contributed by atoms with Crippen molar-refractivity contribution in [3.05, 3.63) is 35.9 Å². The Morgan fingerprint density at radius 2 is 2.09 bits per heavy atom. The molecule has 22 heavy (non-hydrogen) atoms. The molecule has 0 bridgehead atoms. The quantitative estimate of drug-likeness (QED) is 0.804. The number of primary amides is 1. The average molecular weight is 301 g/mol. The van der Waals surface area contributed by atoms with Gasteiger partial charge in [0.2, 0.25) is 0 Å². The number of hydrogen-bond acceptors (Lipinski definition) is 3. The molecule has 2 aromatic rings. The minimum atomic E-state index is -0.568. The largest absolute Gasteiger partial charge is 0.364 e. The molecule has 0 radical (unpaired) electrons. The van der Waals surface area contributed by atoms with Crippen LogP contribution in [0.1, 0.15) is 59.1 Å². The van der Waals surface area contributed by atoms with E-state index in [9.17, 15) is 9.59 Å². The van der Waals surface area contributed by atoms with Gasteiger partial charge in [-0.25, -0.2) is 0 Å². The van der Waals surface area contributed by atoms with E-state index in [4.69, 9.17) is 5.73 Å². The lowest BCUT2D eigenvalue weighted by Gasteiger charge is -2.21. The van der Waals surface area contributed by atoms with Crippen LogP contribution < -0.4 is 11.1 Å². The molecule has 2 amide bonds. The number of nitrogens with two attached hydrogens (primary N) is 1. The van der Waals surface area contributed by atoms with Crippen LogP contribution in [0, 0.1) is 0 Å². The van der Waals surface area contributed by atoms with E-state index in [2.05, 4.69) is 15.4 Å².